The number of anilines is 1. The van der Waals surface area contributed by atoms with E-state index < -0.39 is 11.8 Å². The molecule has 2 aromatic rings. The van der Waals surface area contributed by atoms with Crippen molar-refractivity contribution in [2.75, 3.05) is 25.0 Å². The number of para-hydroxylation sites is 1. The van der Waals surface area contributed by atoms with Gasteiger partial charge in [0.05, 0.1) is 6.04 Å². The zero-order valence-corrected chi connectivity index (χ0v) is 17.5. The van der Waals surface area contributed by atoms with Crippen LogP contribution >= 0.6 is 11.3 Å². The molecule has 5 nitrogen and oxygen atoms in total. The van der Waals surface area contributed by atoms with Gasteiger partial charge in [0, 0.05) is 12.2 Å². The highest BCUT2D eigenvalue weighted by Crippen LogP contribution is 2.25. The number of likely N-dealkylation sites (tertiary alicyclic amines) is 1. The molecule has 1 aromatic carbocycles. The van der Waals surface area contributed by atoms with Crippen molar-refractivity contribution in [2.24, 2.45) is 0 Å². The van der Waals surface area contributed by atoms with Gasteiger partial charge in [-0.1, -0.05) is 31.0 Å². The Kier molecular flexibility index (Phi) is 7.23. The Morgan fingerprint density at radius 2 is 1.71 bits per heavy atom. The molecule has 6 heteroatoms. The van der Waals surface area contributed by atoms with Gasteiger partial charge in [0.2, 0.25) is 0 Å². The van der Waals surface area contributed by atoms with Gasteiger partial charge < -0.3 is 10.6 Å². The Balaban J connectivity index is 1.63. The molecule has 1 unspecified atom stereocenters. The molecule has 1 atom stereocenters. The minimum Gasteiger partial charge on any atom is -0.346 e. The lowest BCUT2D eigenvalue weighted by Gasteiger charge is -2.30. The number of hydrogen-bond acceptors (Lipinski definition) is 4. The molecule has 0 bridgehead atoms. The van der Waals surface area contributed by atoms with Gasteiger partial charge in [-0.25, -0.2) is 0 Å². The first-order valence-electron chi connectivity index (χ1n) is 9.98. The maximum Gasteiger partial charge on any atom is 0.313 e. The third-order valence-corrected chi connectivity index (χ3v) is 6.09. The number of carbonyl (C=O) groups is 2. The quantitative estimate of drug-likeness (QED) is 0.746. The summed E-state index contributed by atoms with van der Waals surface area (Å²) < 4.78 is 0. The molecule has 1 saturated heterocycles. The largest absolute Gasteiger partial charge is 0.346 e. The van der Waals surface area contributed by atoms with Gasteiger partial charge in [-0.15, -0.1) is 0 Å². The molecule has 2 heterocycles. The molecule has 1 aliphatic heterocycles. The smallest absolute Gasteiger partial charge is 0.313 e. The Morgan fingerprint density at radius 3 is 2.32 bits per heavy atom. The molecular formula is C22H29N3O2S. The minimum absolute atomic E-state index is 0.112. The van der Waals surface area contributed by atoms with E-state index in [1.165, 1.54) is 31.2 Å². The van der Waals surface area contributed by atoms with E-state index in [1.807, 2.05) is 32.0 Å². The number of hydrogen-bond donors (Lipinski definition) is 2. The van der Waals surface area contributed by atoms with Gasteiger partial charge in [0.1, 0.15) is 0 Å². The lowest BCUT2D eigenvalue weighted by molar-refractivity contribution is -0.136. The molecule has 150 valence electrons. The van der Waals surface area contributed by atoms with Crippen molar-refractivity contribution >= 4 is 28.8 Å². The molecule has 1 aliphatic rings. The normalized spacial score (nSPS) is 16.2. The third kappa shape index (κ3) is 5.20. The highest BCUT2D eigenvalue weighted by molar-refractivity contribution is 7.08. The van der Waals surface area contributed by atoms with Crippen LogP contribution < -0.4 is 10.6 Å². The average molecular weight is 400 g/mol. The van der Waals surface area contributed by atoms with Crippen LogP contribution in [0.1, 0.15) is 48.4 Å². The third-order valence-electron chi connectivity index (χ3n) is 5.39. The second-order valence-corrected chi connectivity index (χ2v) is 8.23. The zero-order chi connectivity index (χ0) is 19.9. The van der Waals surface area contributed by atoms with E-state index in [0.29, 0.717) is 12.2 Å². The number of nitrogens with zero attached hydrogens (tertiary/aromatic N) is 1. The van der Waals surface area contributed by atoms with Crippen molar-refractivity contribution in [3.05, 3.63) is 51.7 Å². The predicted molar refractivity (Wildman–Crippen MR) is 115 cm³/mol. The molecule has 1 aromatic heterocycles. The van der Waals surface area contributed by atoms with Crippen LogP contribution in [-0.2, 0) is 9.59 Å². The monoisotopic (exact) mass is 399 g/mol. The van der Waals surface area contributed by atoms with Gasteiger partial charge >= 0.3 is 11.8 Å². The number of carbonyl (C=O) groups excluding carboxylic acids is 2. The SMILES string of the molecule is Cc1cccc(C)c1NC(=O)C(=O)NCC(c1ccsc1)N1CCCCCC1. The molecule has 28 heavy (non-hydrogen) atoms. The second kappa shape index (κ2) is 9.85. The first kappa shape index (κ1) is 20.6. The van der Waals surface area contributed by atoms with E-state index in [2.05, 4.69) is 32.4 Å². The van der Waals surface area contributed by atoms with Crippen LogP contribution in [0.3, 0.4) is 0 Å². The van der Waals surface area contributed by atoms with Crippen LogP contribution in [0.15, 0.2) is 35.0 Å². The summed E-state index contributed by atoms with van der Waals surface area (Å²) in [7, 11) is 0. The summed E-state index contributed by atoms with van der Waals surface area (Å²) in [6, 6.07) is 8.01. The summed E-state index contributed by atoms with van der Waals surface area (Å²) >= 11 is 1.66. The van der Waals surface area contributed by atoms with Crippen molar-refractivity contribution < 1.29 is 9.59 Å². The summed E-state index contributed by atoms with van der Waals surface area (Å²) in [6.07, 6.45) is 4.89. The van der Waals surface area contributed by atoms with Crippen molar-refractivity contribution in [3.8, 4) is 0 Å². The molecular weight excluding hydrogens is 370 g/mol. The van der Waals surface area contributed by atoms with Gasteiger partial charge in [-0.3, -0.25) is 14.5 Å². The number of nitrogens with one attached hydrogen (secondary N) is 2. The molecule has 0 spiro atoms. The molecule has 2 amide bonds. The van der Waals surface area contributed by atoms with Crippen LogP contribution in [0, 0.1) is 13.8 Å². The van der Waals surface area contributed by atoms with Crippen molar-refractivity contribution in [3.63, 3.8) is 0 Å². The van der Waals surface area contributed by atoms with E-state index in [4.69, 9.17) is 0 Å². The van der Waals surface area contributed by atoms with Crippen LogP contribution in [0.5, 0.6) is 0 Å². The van der Waals surface area contributed by atoms with Gasteiger partial charge in [0.15, 0.2) is 0 Å². The molecule has 2 N–H and O–H groups in total. The topological polar surface area (TPSA) is 61.4 Å². The number of amides is 2. The summed E-state index contributed by atoms with van der Waals surface area (Å²) in [4.78, 5) is 27.3. The molecule has 1 fully saturated rings. The molecule has 3 rings (SSSR count). The average Bonchev–Trinajstić information content (AvgIpc) is 3.07. The van der Waals surface area contributed by atoms with Gasteiger partial charge in [-0.2, -0.15) is 11.3 Å². The molecule has 0 aliphatic carbocycles. The summed E-state index contributed by atoms with van der Waals surface area (Å²) in [5.74, 6) is -1.20. The summed E-state index contributed by atoms with van der Waals surface area (Å²) in [5, 5.41) is 9.83. The Bertz CT molecular complexity index is 776. The number of aryl methyl sites for hydroxylation is 2. The number of thiophene rings is 1. The number of rotatable bonds is 5. The van der Waals surface area contributed by atoms with Crippen LogP contribution in [0.25, 0.3) is 0 Å². The van der Waals surface area contributed by atoms with Crippen molar-refractivity contribution in [1.82, 2.24) is 10.2 Å². The van der Waals surface area contributed by atoms with E-state index in [9.17, 15) is 9.59 Å². The minimum atomic E-state index is -0.614. The first-order chi connectivity index (χ1) is 13.6. The Hall–Kier alpha value is -2.18. The van der Waals surface area contributed by atoms with E-state index >= 15 is 0 Å². The summed E-state index contributed by atoms with van der Waals surface area (Å²) in [5.41, 5.74) is 3.82. The fraction of sp³-hybridized carbons (Fsp3) is 0.455. The zero-order valence-electron chi connectivity index (χ0n) is 16.7. The van der Waals surface area contributed by atoms with Gasteiger partial charge in [0.25, 0.3) is 0 Å². The van der Waals surface area contributed by atoms with E-state index in [0.717, 1.165) is 24.2 Å². The van der Waals surface area contributed by atoms with Crippen LogP contribution in [0.4, 0.5) is 5.69 Å². The lowest BCUT2D eigenvalue weighted by Crippen LogP contribution is -2.42. The molecule has 0 radical (unpaired) electrons. The van der Waals surface area contributed by atoms with Crippen molar-refractivity contribution in [1.29, 1.82) is 0 Å². The second-order valence-electron chi connectivity index (χ2n) is 7.45. The Labute approximate surface area is 171 Å². The molecule has 0 saturated carbocycles. The van der Waals surface area contributed by atoms with Crippen LogP contribution in [-0.4, -0.2) is 36.3 Å². The predicted octanol–water partition coefficient (Wildman–Crippen LogP) is 4.04. The van der Waals surface area contributed by atoms with E-state index in [1.54, 1.807) is 11.3 Å². The lowest BCUT2D eigenvalue weighted by atomic mass is 10.1. The Morgan fingerprint density at radius 1 is 1.04 bits per heavy atom. The highest BCUT2D eigenvalue weighted by atomic mass is 32.1. The van der Waals surface area contributed by atoms with E-state index in [-0.39, 0.29) is 6.04 Å². The first-order valence-corrected chi connectivity index (χ1v) is 10.9. The van der Waals surface area contributed by atoms with Crippen LogP contribution in [0.2, 0.25) is 0 Å². The highest BCUT2D eigenvalue weighted by Gasteiger charge is 2.24. The maximum absolute atomic E-state index is 12.5. The fourth-order valence-corrected chi connectivity index (χ4v) is 4.49. The number of benzene rings is 1. The standard InChI is InChI=1S/C22H29N3O2S/c1-16-8-7-9-17(2)20(16)24-22(27)21(26)23-14-19(18-10-13-28-15-18)25-11-5-3-4-6-12-25/h7-10,13,15,19H,3-6,11-12,14H2,1-2H3,(H,23,26)(H,24,27). The fourth-order valence-electron chi connectivity index (χ4n) is 3.78. The van der Waals surface area contributed by atoms with Gasteiger partial charge in [-0.05, 0) is 73.3 Å². The van der Waals surface area contributed by atoms with Crippen molar-refractivity contribution in [2.45, 2.75) is 45.6 Å². The maximum atomic E-state index is 12.5. The summed E-state index contributed by atoms with van der Waals surface area (Å²) in [6.45, 7) is 6.35.